The van der Waals surface area contributed by atoms with Crippen molar-refractivity contribution < 1.29 is 18.3 Å². The molecule has 3 heterocycles. The third kappa shape index (κ3) is 5.09. The highest BCUT2D eigenvalue weighted by molar-refractivity contribution is 6.05. The van der Waals surface area contributed by atoms with E-state index >= 15 is 8.78 Å². The van der Waals surface area contributed by atoms with Crippen molar-refractivity contribution in [3.63, 3.8) is 0 Å². The minimum Gasteiger partial charge on any atom is -0.493 e. The number of rotatable bonds is 9. The summed E-state index contributed by atoms with van der Waals surface area (Å²) < 4.78 is 43.0. The van der Waals surface area contributed by atoms with Crippen LogP contribution in [-0.4, -0.2) is 55.1 Å². The lowest BCUT2D eigenvalue weighted by Gasteiger charge is -2.35. The standard InChI is InChI=1S/C24H31F2N7O2/c1-14(2)27-8-9-33(23-21(25)18(34-4)10-19(35-5)22(23)26)20-7-6-16-24(31-20)30-17(12-28-16)15-11-29-32(3)13-15/h6,10-14,20,27-28H,7-9H2,1-5H3,(H,30,31). The van der Waals surface area contributed by atoms with E-state index in [9.17, 15) is 0 Å². The Morgan fingerprint density at radius 2 is 1.91 bits per heavy atom. The van der Waals surface area contributed by atoms with Crippen LogP contribution in [0.1, 0.15) is 25.8 Å². The molecule has 1 unspecified atom stereocenters. The number of methoxy groups -OCH3 is 2. The average molecular weight is 488 g/mol. The van der Waals surface area contributed by atoms with Crippen molar-refractivity contribution in [2.45, 2.75) is 32.5 Å². The molecule has 1 aromatic carbocycles. The average Bonchev–Trinajstić information content (AvgIpc) is 3.28. The third-order valence-electron chi connectivity index (χ3n) is 5.81. The second-order valence-corrected chi connectivity index (χ2v) is 8.60. The minimum absolute atomic E-state index is 0.0981. The zero-order valence-corrected chi connectivity index (χ0v) is 20.5. The summed E-state index contributed by atoms with van der Waals surface area (Å²) in [4.78, 5) is 6.46. The molecule has 188 valence electrons. The van der Waals surface area contributed by atoms with Gasteiger partial charge < -0.3 is 30.3 Å². The Morgan fingerprint density at radius 1 is 1.20 bits per heavy atom. The number of halogens is 2. The molecule has 2 aromatic rings. The number of ether oxygens (including phenoxy) is 2. The van der Waals surface area contributed by atoms with E-state index in [-0.39, 0.29) is 23.2 Å². The van der Waals surface area contributed by atoms with E-state index in [1.54, 1.807) is 15.8 Å². The molecule has 0 bridgehead atoms. The quantitative estimate of drug-likeness (QED) is 0.501. The molecule has 4 rings (SSSR count). The molecule has 2 aliphatic rings. The van der Waals surface area contributed by atoms with Gasteiger partial charge in [-0.15, -0.1) is 0 Å². The molecule has 0 radical (unpaired) electrons. The summed E-state index contributed by atoms with van der Waals surface area (Å²) in [5.74, 6) is -1.20. The predicted octanol–water partition coefficient (Wildman–Crippen LogP) is 2.72. The highest BCUT2D eigenvalue weighted by Gasteiger charge is 2.31. The summed E-state index contributed by atoms with van der Waals surface area (Å²) in [5, 5.41) is 14.1. The molecule has 11 heteroatoms. The van der Waals surface area contributed by atoms with Crippen LogP contribution in [0.5, 0.6) is 11.5 Å². The fourth-order valence-corrected chi connectivity index (χ4v) is 4.05. The number of nitrogens with zero attached hydrogens (tertiary/aromatic N) is 4. The Morgan fingerprint density at radius 3 is 2.51 bits per heavy atom. The van der Waals surface area contributed by atoms with Crippen molar-refractivity contribution in [1.29, 1.82) is 0 Å². The normalized spacial score (nSPS) is 17.0. The molecule has 1 aromatic heterocycles. The summed E-state index contributed by atoms with van der Waals surface area (Å²) in [5.41, 5.74) is 2.25. The topological polar surface area (TPSA) is 88.0 Å². The first kappa shape index (κ1) is 24.5. The molecule has 9 nitrogen and oxygen atoms in total. The van der Waals surface area contributed by atoms with Gasteiger partial charge in [0.25, 0.3) is 0 Å². The van der Waals surface area contributed by atoms with Crippen molar-refractivity contribution >= 4 is 17.2 Å². The van der Waals surface area contributed by atoms with Crippen molar-refractivity contribution in [2.24, 2.45) is 12.0 Å². The molecule has 0 saturated carbocycles. The summed E-state index contributed by atoms with van der Waals surface area (Å²) in [6.45, 7) is 4.84. The summed E-state index contributed by atoms with van der Waals surface area (Å²) in [6, 6.07) is 1.42. The van der Waals surface area contributed by atoms with Gasteiger partial charge in [0.15, 0.2) is 29.0 Å². The number of benzene rings is 1. The van der Waals surface area contributed by atoms with E-state index in [1.807, 2.05) is 39.4 Å². The second kappa shape index (κ2) is 10.3. The van der Waals surface area contributed by atoms with Gasteiger partial charge in [-0.3, -0.25) is 4.68 Å². The highest BCUT2D eigenvalue weighted by Crippen LogP contribution is 2.39. The number of fused-ring (bicyclic) bond motifs is 1. The van der Waals surface area contributed by atoms with Crippen LogP contribution in [0.15, 0.2) is 41.4 Å². The van der Waals surface area contributed by atoms with E-state index in [2.05, 4.69) is 21.0 Å². The molecular weight excluding hydrogens is 456 g/mol. The first-order valence-corrected chi connectivity index (χ1v) is 11.4. The van der Waals surface area contributed by atoms with Gasteiger partial charge in [0, 0.05) is 56.6 Å². The van der Waals surface area contributed by atoms with Crippen LogP contribution in [0.4, 0.5) is 14.5 Å². The fraction of sp³-hybridized carbons (Fsp3) is 0.417. The lowest BCUT2D eigenvalue weighted by Crippen LogP contribution is -2.45. The van der Waals surface area contributed by atoms with Gasteiger partial charge in [0.2, 0.25) is 0 Å². The fourth-order valence-electron chi connectivity index (χ4n) is 4.05. The number of amidine groups is 1. The Balaban J connectivity index is 1.70. The maximum Gasteiger partial charge on any atom is 0.191 e. The van der Waals surface area contributed by atoms with E-state index < -0.39 is 17.8 Å². The first-order valence-electron chi connectivity index (χ1n) is 11.4. The Bertz CT molecular complexity index is 1140. The van der Waals surface area contributed by atoms with Gasteiger partial charge in [0.1, 0.15) is 11.9 Å². The molecule has 0 fully saturated rings. The molecule has 1 atom stereocenters. The van der Waals surface area contributed by atoms with E-state index in [4.69, 9.17) is 14.5 Å². The van der Waals surface area contributed by atoms with Crippen molar-refractivity contribution in [2.75, 3.05) is 32.2 Å². The third-order valence-corrected chi connectivity index (χ3v) is 5.81. The van der Waals surface area contributed by atoms with Gasteiger partial charge in [-0.2, -0.15) is 5.10 Å². The maximum atomic E-state index is 15.5. The van der Waals surface area contributed by atoms with E-state index in [1.165, 1.54) is 20.3 Å². The zero-order valence-electron chi connectivity index (χ0n) is 20.5. The van der Waals surface area contributed by atoms with Crippen LogP contribution >= 0.6 is 0 Å². The number of dihydropyridines is 1. The largest absolute Gasteiger partial charge is 0.493 e. The summed E-state index contributed by atoms with van der Waals surface area (Å²) in [6.07, 6.45) is 7.32. The Kier molecular flexibility index (Phi) is 7.25. The number of nitrogens with one attached hydrogen (secondary N) is 3. The Hall–Kier alpha value is -3.60. The maximum absolute atomic E-state index is 15.5. The predicted molar refractivity (Wildman–Crippen MR) is 131 cm³/mol. The number of aliphatic imine (C=N–C) groups is 1. The molecule has 0 spiro atoms. The SMILES string of the molecule is COc1cc(OC)c(F)c(N(CCNC(C)C)C2CC=C3NC=C(c4cnn(C)c4)NC3=N2)c1F. The van der Waals surface area contributed by atoms with Crippen LogP contribution in [0.25, 0.3) is 5.70 Å². The van der Waals surface area contributed by atoms with Crippen LogP contribution in [0.2, 0.25) is 0 Å². The molecular formula is C24H31F2N7O2. The molecule has 2 aliphatic heterocycles. The number of aromatic nitrogens is 2. The molecule has 0 aliphatic carbocycles. The van der Waals surface area contributed by atoms with Gasteiger partial charge in [0.05, 0.1) is 31.8 Å². The molecule has 35 heavy (non-hydrogen) atoms. The van der Waals surface area contributed by atoms with E-state index in [0.717, 1.165) is 17.0 Å². The van der Waals surface area contributed by atoms with Crippen molar-refractivity contribution in [1.82, 2.24) is 25.7 Å². The van der Waals surface area contributed by atoms with E-state index in [0.29, 0.717) is 25.3 Å². The second-order valence-electron chi connectivity index (χ2n) is 8.60. The van der Waals surface area contributed by atoms with Gasteiger partial charge in [-0.05, 0) is 0 Å². The van der Waals surface area contributed by atoms with Gasteiger partial charge in [-0.1, -0.05) is 19.9 Å². The number of aryl methyl sites for hydroxylation is 1. The number of hydrogen-bond donors (Lipinski definition) is 3. The van der Waals surface area contributed by atoms with Gasteiger partial charge >= 0.3 is 0 Å². The zero-order chi connectivity index (χ0) is 25.1. The first-order chi connectivity index (χ1) is 16.8. The van der Waals surface area contributed by atoms with Gasteiger partial charge in [-0.25, -0.2) is 13.8 Å². The minimum atomic E-state index is -0.795. The van der Waals surface area contributed by atoms with Crippen LogP contribution in [-0.2, 0) is 7.05 Å². The molecule has 3 N–H and O–H groups in total. The summed E-state index contributed by atoms with van der Waals surface area (Å²) in [7, 11) is 4.52. The number of hydrogen-bond acceptors (Lipinski definition) is 8. The van der Waals surface area contributed by atoms with Crippen LogP contribution in [0, 0.1) is 11.6 Å². The lowest BCUT2D eigenvalue weighted by molar-refractivity contribution is 0.356. The Labute approximate surface area is 203 Å². The van der Waals surface area contributed by atoms with Crippen molar-refractivity contribution in [3.05, 3.63) is 53.6 Å². The monoisotopic (exact) mass is 487 g/mol. The van der Waals surface area contributed by atoms with Crippen LogP contribution < -0.4 is 30.3 Å². The summed E-state index contributed by atoms with van der Waals surface area (Å²) >= 11 is 0. The number of anilines is 1. The lowest BCUT2D eigenvalue weighted by atomic mass is 10.1. The van der Waals surface area contributed by atoms with Crippen molar-refractivity contribution in [3.8, 4) is 11.5 Å². The molecule has 0 amide bonds. The molecule has 0 saturated heterocycles. The smallest absolute Gasteiger partial charge is 0.191 e. The highest BCUT2D eigenvalue weighted by atomic mass is 19.1. The van der Waals surface area contributed by atoms with Crippen LogP contribution in [0.3, 0.4) is 0 Å².